The molecule has 0 saturated carbocycles. The van der Waals surface area contributed by atoms with Crippen molar-refractivity contribution in [1.29, 1.82) is 0 Å². The zero-order chi connectivity index (χ0) is 15.4. The van der Waals surface area contributed by atoms with Crippen LogP contribution in [0.2, 0.25) is 0 Å². The molecule has 0 aromatic heterocycles. The number of halogens is 1. The minimum Gasteiger partial charge on any atom is -0.488 e. The van der Waals surface area contributed by atoms with Crippen LogP contribution in [0.1, 0.15) is 17.5 Å². The Morgan fingerprint density at radius 3 is 2.64 bits per heavy atom. The monoisotopic (exact) mass is 309 g/mol. The summed E-state index contributed by atoms with van der Waals surface area (Å²) in [7, 11) is 0. The average molecular weight is 310 g/mol. The summed E-state index contributed by atoms with van der Waals surface area (Å²) in [5, 5.41) is 0.670. The van der Waals surface area contributed by atoms with Crippen LogP contribution in [-0.4, -0.2) is 0 Å². The fourth-order valence-corrected chi connectivity index (χ4v) is 2.80. The highest BCUT2D eigenvalue weighted by Crippen LogP contribution is 2.28. The summed E-state index contributed by atoms with van der Waals surface area (Å²) in [6, 6.07) is 16.8. The average Bonchev–Trinajstić information content (AvgIpc) is 2.56. The molecule has 3 rings (SSSR count). The number of benzene rings is 2. The van der Waals surface area contributed by atoms with Gasteiger partial charge in [0.05, 0.1) is 5.03 Å². The van der Waals surface area contributed by atoms with Gasteiger partial charge < -0.3 is 4.74 Å². The van der Waals surface area contributed by atoms with E-state index in [2.05, 4.69) is 49.4 Å². The molecule has 1 radical (unpaired) electrons. The van der Waals surface area contributed by atoms with Crippen molar-refractivity contribution in [3.8, 4) is 11.1 Å². The van der Waals surface area contributed by atoms with Crippen molar-refractivity contribution in [3.05, 3.63) is 89.0 Å². The van der Waals surface area contributed by atoms with Crippen molar-refractivity contribution in [3.63, 3.8) is 0 Å². The summed E-state index contributed by atoms with van der Waals surface area (Å²) < 4.78 is 5.89. The maximum absolute atomic E-state index is 6.15. The van der Waals surface area contributed by atoms with Crippen LogP contribution in [0, 0.1) is 13.3 Å². The lowest BCUT2D eigenvalue weighted by molar-refractivity contribution is 0.207. The highest BCUT2D eigenvalue weighted by Gasteiger charge is 2.10. The van der Waals surface area contributed by atoms with Crippen LogP contribution in [-0.2, 0) is 11.3 Å². The maximum Gasteiger partial charge on any atom is 0.134 e. The van der Waals surface area contributed by atoms with E-state index >= 15 is 0 Å². The van der Waals surface area contributed by atoms with Gasteiger partial charge in [-0.25, -0.2) is 0 Å². The van der Waals surface area contributed by atoms with E-state index in [0.717, 1.165) is 12.2 Å². The van der Waals surface area contributed by atoms with Gasteiger partial charge in [-0.15, -0.1) is 0 Å². The molecule has 111 valence electrons. The highest BCUT2D eigenvalue weighted by atomic mass is 35.5. The fourth-order valence-electron chi connectivity index (χ4n) is 2.58. The molecule has 2 aromatic carbocycles. The Labute approximate surface area is 136 Å². The molecule has 0 bridgehead atoms. The van der Waals surface area contributed by atoms with Gasteiger partial charge in [0, 0.05) is 0 Å². The van der Waals surface area contributed by atoms with Crippen LogP contribution >= 0.6 is 11.6 Å². The van der Waals surface area contributed by atoms with Crippen molar-refractivity contribution in [2.75, 3.05) is 0 Å². The quantitative estimate of drug-likeness (QED) is 0.694. The molecule has 0 atom stereocenters. The third kappa shape index (κ3) is 3.26. The number of hydrogen-bond donors (Lipinski definition) is 0. The zero-order valence-electron chi connectivity index (χ0n) is 12.6. The Balaban J connectivity index is 1.81. The second-order valence-corrected chi connectivity index (χ2v) is 5.71. The van der Waals surface area contributed by atoms with Crippen molar-refractivity contribution < 1.29 is 4.74 Å². The Bertz CT molecular complexity index is 714. The van der Waals surface area contributed by atoms with Crippen LogP contribution in [0.5, 0.6) is 0 Å². The first-order chi connectivity index (χ1) is 10.8. The predicted octanol–water partition coefficient (Wildman–Crippen LogP) is 5.79. The zero-order valence-corrected chi connectivity index (χ0v) is 13.3. The largest absolute Gasteiger partial charge is 0.488 e. The van der Waals surface area contributed by atoms with E-state index < -0.39 is 0 Å². The lowest BCUT2D eigenvalue weighted by Gasteiger charge is -2.16. The third-order valence-electron chi connectivity index (χ3n) is 3.85. The Morgan fingerprint density at radius 2 is 1.86 bits per heavy atom. The maximum atomic E-state index is 6.15. The van der Waals surface area contributed by atoms with E-state index in [1.54, 1.807) is 0 Å². The standard InChI is InChI=1S/C20H18ClO/c1-15-17(14-22-20-13-6-5-12-19(20)21)10-7-11-18(15)16-8-3-2-4-9-16/h2-5,7-13H,6,14H2,1H3. The summed E-state index contributed by atoms with van der Waals surface area (Å²) in [6.45, 7) is 2.67. The molecule has 0 aliphatic heterocycles. The second-order valence-electron chi connectivity index (χ2n) is 5.30. The molecule has 1 aliphatic rings. The Kier molecular flexibility index (Phi) is 4.65. The first-order valence-electron chi connectivity index (χ1n) is 7.42. The SMILES string of the molecule is Cc1c(COC2=CC[CH]C=C2Cl)cccc1-c1ccccc1. The van der Waals surface area contributed by atoms with Crippen LogP contribution < -0.4 is 0 Å². The molecule has 0 unspecified atom stereocenters. The third-order valence-corrected chi connectivity index (χ3v) is 4.17. The normalized spacial score (nSPS) is 14.3. The van der Waals surface area contributed by atoms with Gasteiger partial charge in [-0.05, 0) is 48.1 Å². The van der Waals surface area contributed by atoms with Gasteiger partial charge in [0.15, 0.2) is 0 Å². The molecule has 1 aliphatic carbocycles. The topological polar surface area (TPSA) is 9.23 Å². The Hall–Kier alpha value is -1.99. The summed E-state index contributed by atoms with van der Waals surface area (Å²) in [5.74, 6) is 0.772. The van der Waals surface area contributed by atoms with Crippen LogP contribution in [0.4, 0.5) is 0 Å². The number of rotatable bonds is 4. The second kappa shape index (κ2) is 6.85. The van der Waals surface area contributed by atoms with Crippen molar-refractivity contribution in [2.45, 2.75) is 20.0 Å². The molecular weight excluding hydrogens is 292 g/mol. The molecule has 22 heavy (non-hydrogen) atoms. The highest BCUT2D eigenvalue weighted by molar-refractivity contribution is 6.31. The minimum atomic E-state index is 0.530. The molecule has 0 spiro atoms. The molecular formula is C20H18ClO. The van der Waals surface area contributed by atoms with Crippen LogP contribution in [0.25, 0.3) is 11.1 Å². The molecule has 0 N–H and O–H groups in total. The summed E-state index contributed by atoms with van der Waals surface area (Å²) in [6.07, 6.45) is 6.80. The van der Waals surface area contributed by atoms with Crippen molar-refractivity contribution in [2.24, 2.45) is 0 Å². The first kappa shape index (κ1) is 14.9. The van der Waals surface area contributed by atoms with Gasteiger partial charge in [-0.1, -0.05) is 66.2 Å². The predicted molar refractivity (Wildman–Crippen MR) is 92.3 cm³/mol. The summed E-state index contributed by atoms with van der Waals surface area (Å²) in [4.78, 5) is 0. The molecule has 2 heteroatoms. The van der Waals surface area contributed by atoms with E-state index in [-0.39, 0.29) is 0 Å². The van der Waals surface area contributed by atoms with Gasteiger partial charge in [-0.3, -0.25) is 0 Å². The molecule has 0 saturated heterocycles. The first-order valence-corrected chi connectivity index (χ1v) is 7.80. The van der Waals surface area contributed by atoms with Crippen molar-refractivity contribution in [1.82, 2.24) is 0 Å². The number of ether oxygens (including phenoxy) is 1. The molecule has 2 aromatic rings. The molecule has 0 amide bonds. The molecule has 1 nitrogen and oxygen atoms in total. The molecule has 0 heterocycles. The van der Waals surface area contributed by atoms with E-state index in [9.17, 15) is 0 Å². The lowest BCUT2D eigenvalue weighted by Crippen LogP contribution is -2.00. The fraction of sp³-hybridized carbons (Fsp3) is 0.150. The van der Waals surface area contributed by atoms with Gasteiger partial charge in [0.25, 0.3) is 0 Å². The lowest BCUT2D eigenvalue weighted by atomic mass is 9.97. The van der Waals surface area contributed by atoms with Crippen LogP contribution in [0.15, 0.2) is 71.5 Å². The van der Waals surface area contributed by atoms with Gasteiger partial charge >= 0.3 is 0 Å². The van der Waals surface area contributed by atoms with E-state index in [4.69, 9.17) is 16.3 Å². The summed E-state index contributed by atoms with van der Waals surface area (Å²) in [5.41, 5.74) is 4.90. The van der Waals surface area contributed by atoms with Gasteiger partial charge in [0.1, 0.15) is 12.4 Å². The number of allylic oxidation sites excluding steroid dienone is 3. The minimum absolute atomic E-state index is 0.530. The smallest absolute Gasteiger partial charge is 0.134 e. The van der Waals surface area contributed by atoms with E-state index in [0.29, 0.717) is 11.6 Å². The van der Waals surface area contributed by atoms with Crippen LogP contribution in [0.3, 0.4) is 0 Å². The number of hydrogen-bond acceptors (Lipinski definition) is 1. The van der Waals surface area contributed by atoms with E-state index in [1.165, 1.54) is 22.3 Å². The summed E-state index contributed by atoms with van der Waals surface area (Å²) >= 11 is 6.15. The Morgan fingerprint density at radius 1 is 1.05 bits per heavy atom. The van der Waals surface area contributed by atoms with E-state index in [1.807, 2.05) is 24.6 Å². The van der Waals surface area contributed by atoms with Gasteiger partial charge in [0.2, 0.25) is 0 Å². The van der Waals surface area contributed by atoms with Crippen molar-refractivity contribution >= 4 is 11.6 Å². The molecule has 0 fully saturated rings. The van der Waals surface area contributed by atoms with Gasteiger partial charge in [-0.2, -0.15) is 0 Å².